The second-order valence-electron chi connectivity index (χ2n) is 4.85. The van der Waals surface area contributed by atoms with Crippen molar-refractivity contribution in [1.82, 2.24) is 21.5 Å². The van der Waals surface area contributed by atoms with Crippen LogP contribution in [0.2, 0.25) is 0 Å². The van der Waals surface area contributed by atoms with Crippen molar-refractivity contribution >= 4 is 5.69 Å². The molecule has 1 atom stereocenters. The number of hydrazine groups is 1. The molecule has 0 saturated carbocycles. The Balaban J connectivity index is 1.90. The van der Waals surface area contributed by atoms with Crippen molar-refractivity contribution in [2.24, 2.45) is 0 Å². The topological polar surface area (TPSA) is 91.3 Å². The van der Waals surface area contributed by atoms with Gasteiger partial charge >= 0.3 is 0 Å². The molecule has 1 aliphatic heterocycles. The van der Waals surface area contributed by atoms with Gasteiger partial charge in [-0.1, -0.05) is 12.1 Å². The summed E-state index contributed by atoms with van der Waals surface area (Å²) in [5.41, 5.74) is 7.71. The highest BCUT2D eigenvalue weighted by Crippen LogP contribution is 2.13. The quantitative estimate of drug-likeness (QED) is 0.452. The number of hydrogen-bond donors (Lipinski definition) is 4. The van der Waals surface area contributed by atoms with Crippen LogP contribution in [0.3, 0.4) is 0 Å². The zero-order valence-corrected chi connectivity index (χ0v) is 11.4. The number of benzene rings is 1. The third-order valence-electron chi connectivity index (χ3n) is 3.23. The average Bonchev–Trinajstić information content (AvgIpc) is 2.46. The summed E-state index contributed by atoms with van der Waals surface area (Å²) in [6.45, 7) is 4.56. The number of hydrogen-bond acceptors (Lipinski definition) is 6. The highest BCUT2D eigenvalue weighted by Gasteiger charge is 2.11. The van der Waals surface area contributed by atoms with E-state index in [1.165, 1.54) is 0 Å². The van der Waals surface area contributed by atoms with Crippen molar-refractivity contribution in [3.63, 3.8) is 0 Å². The standard InChI is InChI=1S/C13H21N5O2/c19-18(20)13-3-1-11(2-4-13)9-12-10-15-6-5-14-7-8-16-17-12/h1-4,12,14-17H,5-10H2. The van der Waals surface area contributed by atoms with Crippen molar-refractivity contribution in [1.29, 1.82) is 0 Å². The van der Waals surface area contributed by atoms with Crippen molar-refractivity contribution < 1.29 is 4.92 Å². The van der Waals surface area contributed by atoms with Gasteiger partial charge in [0.15, 0.2) is 0 Å². The van der Waals surface area contributed by atoms with Crippen LogP contribution >= 0.6 is 0 Å². The van der Waals surface area contributed by atoms with Crippen LogP contribution in [0.5, 0.6) is 0 Å². The second kappa shape index (κ2) is 7.91. The molecular formula is C13H21N5O2. The van der Waals surface area contributed by atoms with Gasteiger partial charge in [-0.3, -0.25) is 21.0 Å². The van der Waals surface area contributed by atoms with Crippen LogP contribution in [0.25, 0.3) is 0 Å². The van der Waals surface area contributed by atoms with E-state index < -0.39 is 0 Å². The zero-order chi connectivity index (χ0) is 14.2. The summed E-state index contributed by atoms with van der Waals surface area (Å²) >= 11 is 0. The van der Waals surface area contributed by atoms with Gasteiger partial charge in [0.05, 0.1) is 4.92 Å². The average molecular weight is 279 g/mol. The van der Waals surface area contributed by atoms with E-state index in [4.69, 9.17) is 0 Å². The highest BCUT2D eigenvalue weighted by molar-refractivity contribution is 5.33. The Hall–Kier alpha value is -1.54. The Labute approximate surface area is 118 Å². The predicted octanol–water partition coefficient (Wildman–Crippen LogP) is -0.207. The molecule has 1 unspecified atom stereocenters. The van der Waals surface area contributed by atoms with E-state index >= 15 is 0 Å². The van der Waals surface area contributed by atoms with Gasteiger partial charge < -0.3 is 10.6 Å². The van der Waals surface area contributed by atoms with Crippen LogP contribution in [0, 0.1) is 10.1 Å². The fraction of sp³-hybridized carbons (Fsp3) is 0.538. The first-order valence-electron chi connectivity index (χ1n) is 6.89. The monoisotopic (exact) mass is 279 g/mol. The molecule has 0 aliphatic carbocycles. The third kappa shape index (κ3) is 4.86. The molecular weight excluding hydrogens is 258 g/mol. The first-order valence-corrected chi connectivity index (χ1v) is 6.89. The van der Waals surface area contributed by atoms with E-state index in [-0.39, 0.29) is 16.7 Å². The molecule has 7 heteroatoms. The fourth-order valence-electron chi connectivity index (χ4n) is 2.16. The largest absolute Gasteiger partial charge is 0.314 e. The molecule has 20 heavy (non-hydrogen) atoms. The molecule has 1 aromatic carbocycles. The smallest absolute Gasteiger partial charge is 0.269 e. The second-order valence-corrected chi connectivity index (χ2v) is 4.85. The summed E-state index contributed by atoms with van der Waals surface area (Å²) in [6.07, 6.45) is 0.825. The van der Waals surface area contributed by atoms with Gasteiger partial charge in [0.25, 0.3) is 5.69 Å². The number of non-ortho nitro benzene ring substituents is 1. The fourth-order valence-corrected chi connectivity index (χ4v) is 2.16. The van der Waals surface area contributed by atoms with Gasteiger partial charge in [0.2, 0.25) is 0 Å². The summed E-state index contributed by atoms with van der Waals surface area (Å²) in [4.78, 5) is 10.3. The summed E-state index contributed by atoms with van der Waals surface area (Å²) in [5.74, 6) is 0. The lowest BCUT2D eigenvalue weighted by molar-refractivity contribution is -0.384. The minimum absolute atomic E-state index is 0.134. The van der Waals surface area contributed by atoms with Crippen LogP contribution in [0.15, 0.2) is 24.3 Å². The SMILES string of the molecule is O=[N+]([O-])c1ccc(CC2CNCCNCCNN2)cc1. The van der Waals surface area contributed by atoms with E-state index in [2.05, 4.69) is 21.5 Å². The molecule has 0 aromatic heterocycles. The Morgan fingerprint density at radius 3 is 2.55 bits per heavy atom. The van der Waals surface area contributed by atoms with E-state index in [0.29, 0.717) is 0 Å². The van der Waals surface area contributed by atoms with Crippen LogP contribution in [0.1, 0.15) is 5.56 Å². The molecule has 1 saturated heterocycles. The maximum atomic E-state index is 10.6. The molecule has 1 aliphatic rings. The minimum atomic E-state index is -0.373. The minimum Gasteiger partial charge on any atom is -0.314 e. The van der Waals surface area contributed by atoms with Gasteiger partial charge in [0, 0.05) is 50.9 Å². The third-order valence-corrected chi connectivity index (χ3v) is 3.23. The van der Waals surface area contributed by atoms with Crippen molar-refractivity contribution in [2.75, 3.05) is 32.7 Å². The molecule has 2 rings (SSSR count). The molecule has 7 nitrogen and oxygen atoms in total. The zero-order valence-electron chi connectivity index (χ0n) is 11.4. The van der Waals surface area contributed by atoms with Crippen molar-refractivity contribution in [3.8, 4) is 0 Å². The Bertz CT molecular complexity index is 413. The highest BCUT2D eigenvalue weighted by atomic mass is 16.6. The molecule has 1 fully saturated rings. The predicted molar refractivity (Wildman–Crippen MR) is 77.5 cm³/mol. The van der Waals surface area contributed by atoms with Crippen molar-refractivity contribution in [2.45, 2.75) is 12.5 Å². The first-order chi connectivity index (χ1) is 9.75. The number of nitro benzene ring substituents is 1. The number of nitrogens with zero attached hydrogens (tertiary/aromatic N) is 1. The van der Waals surface area contributed by atoms with Crippen LogP contribution < -0.4 is 21.5 Å². The Kier molecular flexibility index (Phi) is 5.87. The number of nitrogens with one attached hydrogen (secondary N) is 4. The Morgan fingerprint density at radius 1 is 1.10 bits per heavy atom. The lowest BCUT2D eigenvalue weighted by Crippen LogP contribution is -2.51. The maximum Gasteiger partial charge on any atom is 0.269 e. The van der Waals surface area contributed by atoms with Gasteiger partial charge in [-0.2, -0.15) is 0 Å². The van der Waals surface area contributed by atoms with E-state index in [9.17, 15) is 10.1 Å². The van der Waals surface area contributed by atoms with Gasteiger partial charge in [0.1, 0.15) is 0 Å². The molecule has 0 bridgehead atoms. The van der Waals surface area contributed by atoms with Crippen LogP contribution in [-0.2, 0) is 6.42 Å². The molecule has 0 spiro atoms. The maximum absolute atomic E-state index is 10.6. The van der Waals surface area contributed by atoms with E-state index in [1.54, 1.807) is 12.1 Å². The lowest BCUT2D eigenvalue weighted by Gasteiger charge is -2.22. The van der Waals surface area contributed by atoms with E-state index in [0.717, 1.165) is 44.7 Å². The first kappa shape index (κ1) is 14.9. The molecule has 0 radical (unpaired) electrons. The Morgan fingerprint density at radius 2 is 1.80 bits per heavy atom. The van der Waals surface area contributed by atoms with Gasteiger partial charge in [-0.05, 0) is 12.0 Å². The summed E-state index contributed by atoms with van der Waals surface area (Å²) in [5, 5.41) is 17.3. The summed E-state index contributed by atoms with van der Waals surface area (Å²) in [7, 11) is 0. The van der Waals surface area contributed by atoms with Gasteiger partial charge in [-0.15, -0.1) is 0 Å². The normalized spacial score (nSPS) is 21.3. The molecule has 4 N–H and O–H groups in total. The number of rotatable bonds is 3. The molecule has 1 heterocycles. The van der Waals surface area contributed by atoms with E-state index in [1.807, 2.05) is 12.1 Å². The summed E-state index contributed by atoms with van der Waals surface area (Å²) in [6, 6.07) is 7.01. The van der Waals surface area contributed by atoms with Gasteiger partial charge in [-0.25, -0.2) is 0 Å². The number of nitro groups is 1. The molecule has 110 valence electrons. The van der Waals surface area contributed by atoms with Crippen molar-refractivity contribution in [3.05, 3.63) is 39.9 Å². The van der Waals surface area contributed by atoms with Crippen LogP contribution in [-0.4, -0.2) is 43.7 Å². The molecule has 1 aromatic rings. The summed E-state index contributed by atoms with van der Waals surface area (Å²) < 4.78 is 0. The van der Waals surface area contributed by atoms with Crippen LogP contribution in [0.4, 0.5) is 5.69 Å². The molecule has 0 amide bonds. The lowest BCUT2D eigenvalue weighted by atomic mass is 10.1.